The zero-order valence-corrected chi connectivity index (χ0v) is 35.9. The van der Waals surface area contributed by atoms with Crippen molar-refractivity contribution in [3.63, 3.8) is 0 Å². The van der Waals surface area contributed by atoms with E-state index in [9.17, 15) is 24.0 Å². The van der Waals surface area contributed by atoms with Crippen LogP contribution in [0.3, 0.4) is 0 Å². The number of hydrogen-bond acceptors (Lipinski definition) is 7. The van der Waals surface area contributed by atoms with Gasteiger partial charge in [0.05, 0.1) is 12.6 Å². The Morgan fingerprint density at radius 2 is 1.16 bits per heavy atom. The number of carbonyl (C=O) groups excluding carboxylic acids is 5. The highest BCUT2D eigenvalue weighted by Gasteiger charge is 2.50. The van der Waals surface area contributed by atoms with E-state index in [4.69, 9.17) is 4.74 Å². The maximum absolute atomic E-state index is 14.2. The Morgan fingerprint density at radius 1 is 0.638 bits per heavy atom. The van der Waals surface area contributed by atoms with Crippen molar-refractivity contribution in [3.05, 3.63) is 71.8 Å². The number of epoxide rings is 1. The highest BCUT2D eigenvalue weighted by atomic mass is 16.6. The molecule has 0 aliphatic carbocycles. The van der Waals surface area contributed by atoms with E-state index in [0.29, 0.717) is 38.7 Å². The number of benzene rings is 2. The molecule has 2 aromatic rings. The molecule has 0 bridgehead atoms. The topological polar surface area (TPSA) is 149 Å². The first-order valence-corrected chi connectivity index (χ1v) is 22.0. The summed E-state index contributed by atoms with van der Waals surface area (Å²) in [7, 11) is 0. The molecule has 2 heterocycles. The van der Waals surface area contributed by atoms with Gasteiger partial charge in [0.2, 0.25) is 23.6 Å². The minimum absolute atomic E-state index is 0.0296. The molecule has 5 atom stereocenters. The molecule has 2 aliphatic heterocycles. The third kappa shape index (κ3) is 16.6. The van der Waals surface area contributed by atoms with Crippen LogP contribution >= 0.6 is 0 Å². The summed E-state index contributed by atoms with van der Waals surface area (Å²) in [4.78, 5) is 71.5. The molecule has 320 valence electrons. The second-order valence-electron chi connectivity index (χ2n) is 17.6. The van der Waals surface area contributed by atoms with Gasteiger partial charge in [-0.05, 0) is 101 Å². The average Bonchev–Trinajstić information content (AvgIpc) is 3.96. The molecule has 2 aromatic carbocycles. The number of piperidine rings is 1. The second kappa shape index (κ2) is 24.1. The smallest absolute Gasteiger partial charge is 0.243 e. The Kier molecular flexibility index (Phi) is 19.4. The normalized spacial score (nSPS) is 18.8. The molecule has 2 aliphatic rings. The lowest BCUT2D eigenvalue weighted by Gasteiger charge is -2.28. The summed E-state index contributed by atoms with van der Waals surface area (Å²) in [6.45, 7) is 13.5. The first kappa shape index (κ1) is 46.6. The molecule has 2 fully saturated rings. The number of Topliss-reactive ketones (excluding diaryl/α,β-unsaturated/α-hetero) is 1. The maximum Gasteiger partial charge on any atom is 0.243 e. The number of nitrogens with one attached hydrogen (secondary N) is 4. The van der Waals surface area contributed by atoms with Gasteiger partial charge >= 0.3 is 0 Å². The SMILES string of the molecule is CC(C)CC(NC(=O)[C@H](CCc1ccccc1)NC(=O)CCCCCCCN1CCCCC1)C(=O)N[C@@H](Cc1ccccc1)C(=O)NC(CC(C)C)C(=O)C1(C)CO1. The quantitative estimate of drug-likeness (QED) is 0.0666. The third-order valence-corrected chi connectivity index (χ3v) is 11.2. The van der Waals surface area contributed by atoms with Gasteiger partial charge in [0, 0.05) is 12.8 Å². The minimum Gasteiger partial charge on any atom is -0.361 e. The number of nitrogens with zero attached hydrogens (tertiary/aromatic N) is 1. The summed E-state index contributed by atoms with van der Waals surface area (Å²) in [5.74, 6) is -1.63. The molecule has 58 heavy (non-hydrogen) atoms. The fourth-order valence-corrected chi connectivity index (χ4v) is 7.73. The first-order valence-electron chi connectivity index (χ1n) is 22.0. The van der Waals surface area contributed by atoms with E-state index in [0.717, 1.165) is 43.4 Å². The monoisotopic (exact) mass is 802 g/mol. The van der Waals surface area contributed by atoms with E-state index in [2.05, 4.69) is 26.2 Å². The number of ether oxygens (including phenoxy) is 1. The number of ketones is 1. The van der Waals surface area contributed by atoms with Gasteiger partial charge in [-0.25, -0.2) is 0 Å². The van der Waals surface area contributed by atoms with Crippen LogP contribution in [0.4, 0.5) is 0 Å². The van der Waals surface area contributed by atoms with Crippen molar-refractivity contribution in [2.24, 2.45) is 11.8 Å². The van der Waals surface area contributed by atoms with Crippen LogP contribution in [0.5, 0.6) is 0 Å². The summed E-state index contributed by atoms with van der Waals surface area (Å²) < 4.78 is 5.43. The minimum atomic E-state index is -1.02. The lowest BCUT2D eigenvalue weighted by molar-refractivity contribution is -0.135. The molecule has 4 rings (SSSR count). The van der Waals surface area contributed by atoms with Crippen LogP contribution in [0, 0.1) is 11.8 Å². The largest absolute Gasteiger partial charge is 0.361 e. The molecule has 4 amide bonds. The zero-order chi connectivity index (χ0) is 41.9. The van der Waals surface area contributed by atoms with Crippen molar-refractivity contribution < 1.29 is 28.7 Å². The summed E-state index contributed by atoms with van der Waals surface area (Å²) in [5.41, 5.74) is 0.955. The summed E-state index contributed by atoms with van der Waals surface area (Å²) in [6, 6.07) is 15.6. The van der Waals surface area contributed by atoms with Crippen molar-refractivity contribution in [2.75, 3.05) is 26.2 Å². The molecule has 0 radical (unpaired) electrons. The Labute approximate surface area is 347 Å². The summed E-state index contributed by atoms with van der Waals surface area (Å²) in [5, 5.41) is 11.8. The van der Waals surface area contributed by atoms with Gasteiger partial charge in [0.15, 0.2) is 5.78 Å². The van der Waals surface area contributed by atoms with Gasteiger partial charge in [-0.1, -0.05) is 114 Å². The Hall–Kier alpha value is -4.09. The van der Waals surface area contributed by atoms with E-state index >= 15 is 0 Å². The maximum atomic E-state index is 14.2. The highest BCUT2D eigenvalue weighted by molar-refractivity contribution is 5.98. The molecule has 11 nitrogen and oxygen atoms in total. The van der Waals surface area contributed by atoms with Crippen LogP contribution in [0.1, 0.15) is 123 Å². The van der Waals surface area contributed by atoms with Gasteiger partial charge in [-0.2, -0.15) is 0 Å². The van der Waals surface area contributed by atoms with E-state index in [1.54, 1.807) is 6.92 Å². The fourth-order valence-electron chi connectivity index (χ4n) is 7.73. The van der Waals surface area contributed by atoms with E-state index in [1.807, 2.05) is 88.4 Å². The van der Waals surface area contributed by atoms with Crippen molar-refractivity contribution >= 4 is 29.4 Å². The van der Waals surface area contributed by atoms with Gasteiger partial charge < -0.3 is 30.9 Å². The number of aryl methyl sites for hydroxylation is 1. The number of carbonyl (C=O) groups is 5. The van der Waals surface area contributed by atoms with Gasteiger partial charge in [-0.15, -0.1) is 0 Å². The molecular formula is C47H71N5O6. The number of hydrogen-bond donors (Lipinski definition) is 4. The number of likely N-dealkylation sites (tertiary alicyclic amines) is 1. The third-order valence-electron chi connectivity index (χ3n) is 11.2. The first-order chi connectivity index (χ1) is 27.8. The molecule has 3 unspecified atom stereocenters. The molecule has 2 saturated heterocycles. The molecule has 0 saturated carbocycles. The van der Waals surface area contributed by atoms with Crippen molar-refractivity contribution in [3.8, 4) is 0 Å². The lowest BCUT2D eigenvalue weighted by Crippen LogP contribution is -2.59. The standard InChI is InChI=1S/C47H71N5O6/c1-34(2)30-39(43(54)47(5)33-58-47)49-46(57)41(32-37-22-14-10-15-23-37)51-45(56)40(31-35(3)4)50-44(55)38(26-25-36-20-12-9-13-21-36)48-42(53)24-16-7-6-8-17-27-52-28-18-11-19-29-52/h9-10,12-15,20-23,34-35,38-41H,6-8,11,16-19,24-33H2,1-5H3,(H,48,53)(H,49,57)(H,50,55)(H,51,56)/t38-,39?,40?,41-,47?/m0/s1. The second-order valence-corrected chi connectivity index (χ2v) is 17.6. The summed E-state index contributed by atoms with van der Waals surface area (Å²) >= 11 is 0. The number of amides is 4. The summed E-state index contributed by atoms with van der Waals surface area (Å²) in [6.07, 6.45) is 11.3. The van der Waals surface area contributed by atoms with Crippen molar-refractivity contribution in [1.29, 1.82) is 0 Å². The van der Waals surface area contributed by atoms with E-state index in [1.165, 1.54) is 38.8 Å². The van der Waals surface area contributed by atoms with Gasteiger partial charge in [0.25, 0.3) is 0 Å². The van der Waals surface area contributed by atoms with E-state index < -0.39 is 47.5 Å². The van der Waals surface area contributed by atoms with Gasteiger partial charge in [0.1, 0.15) is 23.7 Å². The van der Waals surface area contributed by atoms with Crippen LogP contribution in [0.15, 0.2) is 60.7 Å². The number of unbranched alkanes of at least 4 members (excludes halogenated alkanes) is 4. The van der Waals surface area contributed by atoms with Crippen LogP contribution in [-0.2, 0) is 41.6 Å². The Balaban J connectivity index is 1.41. The van der Waals surface area contributed by atoms with Crippen LogP contribution < -0.4 is 21.3 Å². The predicted octanol–water partition coefficient (Wildman–Crippen LogP) is 6.08. The van der Waals surface area contributed by atoms with Crippen LogP contribution in [-0.4, -0.2) is 90.3 Å². The molecule has 4 N–H and O–H groups in total. The zero-order valence-electron chi connectivity index (χ0n) is 35.9. The van der Waals surface area contributed by atoms with Crippen molar-refractivity contribution in [1.82, 2.24) is 26.2 Å². The average molecular weight is 802 g/mol. The van der Waals surface area contributed by atoms with Crippen LogP contribution in [0.2, 0.25) is 0 Å². The molecule has 11 heteroatoms. The lowest BCUT2D eigenvalue weighted by atomic mass is 9.93. The van der Waals surface area contributed by atoms with Crippen molar-refractivity contribution in [2.45, 2.75) is 154 Å². The Morgan fingerprint density at radius 3 is 1.78 bits per heavy atom. The highest BCUT2D eigenvalue weighted by Crippen LogP contribution is 2.30. The molecule has 0 aromatic heterocycles. The molecule has 0 spiro atoms. The van der Waals surface area contributed by atoms with Crippen LogP contribution in [0.25, 0.3) is 0 Å². The predicted molar refractivity (Wildman–Crippen MR) is 229 cm³/mol. The van der Waals surface area contributed by atoms with Gasteiger partial charge in [-0.3, -0.25) is 24.0 Å². The Bertz CT molecular complexity index is 1570. The fraction of sp³-hybridized carbons (Fsp3) is 0.638. The molecular weight excluding hydrogens is 731 g/mol. The van der Waals surface area contributed by atoms with E-state index in [-0.39, 0.29) is 29.9 Å². The number of rotatable bonds is 26.